The number of benzene rings is 1. The number of hydrogen-bond acceptors (Lipinski definition) is 1. The maximum absolute atomic E-state index is 11.9. The zero-order chi connectivity index (χ0) is 25.9. The minimum Gasteiger partial charge on any atom is -0.872 e. The summed E-state index contributed by atoms with van der Waals surface area (Å²) in [6, 6.07) is 5.84. The van der Waals surface area contributed by atoms with Gasteiger partial charge in [0.15, 0.2) is 0 Å². The van der Waals surface area contributed by atoms with E-state index in [2.05, 4.69) is 80.1 Å². The van der Waals surface area contributed by atoms with Crippen molar-refractivity contribution in [3.63, 3.8) is 0 Å². The molecule has 1 aliphatic rings. The summed E-state index contributed by atoms with van der Waals surface area (Å²) in [5, 5.41) is 21.1. The molecular weight excluding hydrogens is 473 g/mol. The third kappa shape index (κ3) is 21.3. The van der Waals surface area contributed by atoms with Gasteiger partial charge in [0.25, 0.3) is 0 Å². The summed E-state index contributed by atoms with van der Waals surface area (Å²) in [6.07, 6.45) is 5.72. The molecule has 3 radical (unpaired) electrons. The normalized spacial score (nSPS) is 13.0. The molecule has 0 fully saturated rings. The number of para-hydroxylation sites is 1. The third-order valence-electron chi connectivity index (χ3n) is 3.76. The number of rotatable bonds is 2. The van der Waals surface area contributed by atoms with Gasteiger partial charge in [-0.15, -0.1) is 5.75 Å². The predicted molar refractivity (Wildman–Crippen MR) is 152 cm³/mol. The molecule has 1 aromatic rings. The van der Waals surface area contributed by atoms with Crippen LogP contribution in [0.2, 0.25) is 39.3 Å². The molecule has 1 aliphatic carbocycles. The third-order valence-corrected chi connectivity index (χ3v) is 3.76. The maximum atomic E-state index is 11.9. The van der Waals surface area contributed by atoms with Crippen LogP contribution in [0.15, 0.2) is 41.5 Å². The summed E-state index contributed by atoms with van der Waals surface area (Å²) in [6.45, 7) is 33.1. The van der Waals surface area contributed by atoms with Gasteiger partial charge < -0.3 is 10.5 Å². The summed E-state index contributed by atoms with van der Waals surface area (Å²) in [5.41, 5.74) is 4.17. The van der Waals surface area contributed by atoms with E-state index in [0.717, 1.165) is 22.3 Å². The van der Waals surface area contributed by atoms with E-state index in [4.69, 9.17) is 0 Å². The van der Waals surface area contributed by atoms with Gasteiger partial charge in [0.05, 0.1) is 0 Å². The van der Waals surface area contributed by atoms with Crippen molar-refractivity contribution in [3.05, 3.63) is 77.5 Å². The van der Waals surface area contributed by atoms with Crippen molar-refractivity contribution < 1.29 is 23.7 Å². The minimum atomic E-state index is -0.861. The Balaban J connectivity index is -0.000000393. The molecule has 0 heterocycles. The first kappa shape index (κ1) is 36.6. The molecule has 0 spiro atoms. The van der Waals surface area contributed by atoms with Gasteiger partial charge in [-0.1, -0.05) is 109 Å². The molecule has 0 bridgehead atoms. The fourth-order valence-electron chi connectivity index (χ4n) is 2.29. The maximum Gasteiger partial charge on any atom is 0.0492 e. The molecule has 0 amide bonds. The molecule has 0 atom stereocenters. The molecule has 1 aromatic carbocycles. The van der Waals surface area contributed by atoms with Gasteiger partial charge in [0.2, 0.25) is 0 Å². The van der Waals surface area contributed by atoms with E-state index < -0.39 is 16.1 Å². The fraction of sp³-hybridized carbons (Fsp3) is 0.500. The first-order valence-electron chi connectivity index (χ1n) is 11.5. The van der Waals surface area contributed by atoms with Crippen molar-refractivity contribution in [1.82, 2.24) is 0 Å². The largest absolute Gasteiger partial charge is 0.872 e. The topological polar surface area (TPSA) is 45.4 Å². The van der Waals surface area contributed by atoms with Crippen molar-refractivity contribution in [2.45, 2.75) is 92.7 Å². The molecule has 185 valence electrons. The Labute approximate surface area is 220 Å². The van der Waals surface area contributed by atoms with E-state index in [1.807, 2.05) is 50.6 Å². The Kier molecular flexibility index (Phi) is 18.5. The molecule has 0 saturated heterocycles. The van der Waals surface area contributed by atoms with Crippen molar-refractivity contribution in [2.75, 3.05) is 0 Å². The zero-order valence-corrected chi connectivity index (χ0v) is 26.7. The molecule has 5 heteroatoms. The van der Waals surface area contributed by atoms with Crippen molar-refractivity contribution in [2.24, 2.45) is 0 Å². The van der Waals surface area contributed by atoms with E-state index in [0.29, 0.717) is 17.5 Å². The Morgan fingerprint density at radius 1 is 0.788 bits per heavy atom. The Morgan fingerprint density at radius 3 is 1.27 bits per heavy atom. The van der Waals surface area contributed by atoms with E-state index in [1.165, 1.54) is 0 Å². The average molecular weight is 522 g/mol. The van der Waals surface area contributed by atoms with Crippen LogP contribution in [0.1, 0.15) is 64.5 Å². The van der Waals surface area contributed by atoms with Gasteiger partial charge in [0.1, 0.15) is 0 Å². The number of allylic oxidation sites excluding steroid dienone is 4. The van der Waals surface area contributed by atoms with Crippen LogP contribution in [-0.2, 0) is 18.6 Å². The van der Waals surface area contributed by atoms with Gasteiger partial charge in [-0.25, -0.2) is 0 Å². The van der Waals surface area contributed by atoms with Crippen molar-refractivity contribution in [3.8, 4) is 5.75 Å². The van der Waals surface area contributed by atoms with Gasteiger partial charge >= 0.3 is 0 Å². The van der Waals surface area contributed by atoms with Crippen molar-refractivity contribution in [1.29, 1.82) is 0 Å². The summed E-state index contributed by atoms with van der Waals surface area (Å²) in [5.74, 6) is 0.880. The smallest absolute Gasteiger partial charge is 0.0492 e. The van der Waals surface area contributed by atoms with E-state index >= 15 is 0 Å². The van der Waals surface area contributed by atoms with E-state index in [-0.39, 0.29) is 24.3 Å². The van der Waals surface area contributed by atoms with Crippen LogP contribution in [0.5, 0.6) is 5.75 Å². The van der Waals surface area contributed by atoms with Gasteiger partial charge in [-0.05, 0) is 17.5 Å². The van der Waals surface area contributed by atoms with Crippen LogP contribution in [0.4, 0.5) is 0 Å². The van der Waals surface area contributed by atoms with Crippen LogP contribution >= 0.6 is 0 Å². The molecule has 33 heavy (non-hydrogen) atoms. The average Bonchev–Trinajstić information content (AvgIpc) is 2.57. The van der Waals surface area contributed by atoms with E-state index in [9.17, 15) is 10.5 Å². The monoisotopic (exact) mass is 521 g/mol. The quantitative estimate of drug-likeness (QED) is 0.284. The Morgan fingerprint density at radius 2 is 1.06 bits per heavy atom. The zero-order valence-electron chi connectivity index (χ0n) is 23.3. The minimum absolute atomic E-state index is 0. The molecule has 0 unspecified atom stereocenters. The van der Waals surface area contributed by atoms with Gasteiger partial charge in [-0.3, -0.25) is 0 Å². The standard InChI is InChI=1S/C12H18O.C8H9N.2C4H11Si.V/c1-8(2)10-6-5-7-11(9(3)4)12(10)13;1-6-4-3-5-7(2)8(6)9;2*1-5(2,3)4;/h5-9,13H,1-4H3;3-5H,1-2H3;2*1H2,2-4H3;/p-1. The second kappa shape index (κ2) is 16.6. The van der Waals surface area contributed by atoms with Crippen LogP contribution in [-0.4, -0.2) is 21.9 Å². The molecule has 0 aromatic heterocycles. The first-order valence-corrected chi connectivity index (χ1v) is 18.9. The number of hydrogen-bond donors (Lipinski definition) is 0. The van der Waals surface area contributed by atoms with Crippen LogP contribution < -0.4 is 5.11 Å². The second-order valence-electron chi connectivity index (χ2n) is 11.4. The predicted octanol–water partition coefficient (Wildman–Crippen LogP) is 8.51. The molecule has 2 nitrogen and oxygen atoms in total. The van der Waals surface area contributed by atoms with E-state index in [1.54, 1.807) is 0 Å². The van der Waals surface area contributed by atoms with Crippen LogP contribution in [0.25, 0.3) is 5.41 Å². The molecule has 2 rings (SSSR count). The van der Waals surface area contributed by atoms with Gasteiger partial charge in [-0.2, -0.15) is 0 Å². The van der Waals surface area contributed by atoms with Crippen molar-refractivity contribution >= 4 is 21.9 Å². The summed E-state index contributed by atoms with van der Waals surface area (Å²) < 4.78 is 0. The summed E-state index contributed by atoms with van der Waals surface area (Å²) in [4.78, 5) is 0. The van der Waals surface area contributed by atoms with Gasteiger partial charge in [0, 0.05) is 78.3 Å². The molecule has 0 saturated carbocycles. The Hall–Kier alpha value is -0.942. The summed E-state index contributed by atoms with van der Waals surface area (Å²) in [7, 11) is -1.72. The molecule has 0 N–H and O–H groups in total. The molecule has 0 aliphatic heterocycles. The Bertz CT molecular complexity index is 697. The second-order valence-corrected chi connectivity index (χ2v) is 21.7. The molecular formula is C28H48NOSi2V-. The first-order chi connectivity index (χ1) is 14.3. The fourth-order valence-corrected chi connectivity index (χ4v) is 2.29. The van der Waals surface area contributed by atoms with Crippen LogP contribution in [0.3, 0.4) is 0 Å². The van der Waals surface area contributed by atoms with Crippen LogP contribution in [0, 0.1) is 19.5 Å². The summed E-state index contributed by atoms with van der Waals surface area (Å²) >= 11 is 0. The SMILES string of the molecule is CC(C)c1cccc(C(C)C)c1[O-].CC1=C[CH+]C=C(C)C1=[N-].[CH2][Si](C)(C)C.[CH2][Si](C)(C)C.[V]. The number of nitrogens with zero attached hydrogens (tertiary/aromatic N) is 1.